The Kier molecular flexibility index (Phi) is 4.11. The van der Waals surface area contributed by atoms with Gasteiger partial charge in [0.2, 0.25) is 0 Å². The van der Waals surface area contributed by atoms with Crippen molar-refractivity contribution < 1.29 is 13.7 Å². The normalized spacial score (nSPS) is 17.6. The van der Waals surface area contributed by atoms with Gasteiger partial charge in [-0.05, 0) is 67.9 Å². The van der Waals surface area contributed by atoms with Gasteiger partial charge in [0.1, 0.15) is 11.2 Å². The minimum absolute atomic E-state index is 0.380. The molecule has 1 fully saturated rings. The molecule has 0 aliphatic carbocycles. The predicted octanol–water partition coefficient (Wildman–Crippen LogP) is 6.71. The van der Waals surface area contributed by atoms with Crippen LogP contribution in [0.4, 0.5) is 0 Å². The van der Waals surface area contributed by atoms with Crippen LogP contribution in [0.15, 0.2) is 83.3 Å². The lowest BCUT2D eigenvalue weighted by atomic mass is 9.74. The van der Waals surface area contributed by atoms with E-state index in [4.69, 9.17) is 13.7 Å². The first-order valence-corrected chi connectivity index (χ1v) is 11.1. The van der Waals surface area contributed by atoms with E-state index in [0.29, 0.717) is 0 Å². The maximum atomic E-state index is 6.37. The van der Waals surface area contributed by atoms with Crippen LogP contribution < -0.4 is 5.46 Å². The molecule has 1 aliphatic heterocycles. The summed E-state index contributed by atoms with van der Waals surface area (Å²) in [6.45, 7) is 8.35. The Labute approximate surface area is 188 Å². The lowest BCUT2D eigenvalue weighted by molar-refractivity contribution is 0.00578. The first kappa shape index (κ1) is 19.6. The van der Waals surface area contributed by atoms with E-state index < -0.39 is 7.12 Å². The molecule has 32 heavy (non-hydrogen) atoms. The average molecular weight is 420 g/mol. The third kappa shape index (κ3) is 2.83. The molecule has 0 amide bonds. The molecule has 0 spiro atoms. The minimum atomic E-state index is -0.408. The third-order valence-electron chi connectivity index (χ3n) is 7.14. The summed E-state index contributed by atoms with van der Waals surface area (Å²) >= 11 is 0. The van der Waals surface area contributed by atoms with Crippen LogP contribution in [0.1, 0.15) is 27.7 Å². The van der Waals surface area contributed by atoms with E-state index in [9.17, 15) is 0 Å². The van der Waals surface area contributed by atoms with Crippen molar-refractivity contribution in [1.82, 2.24) is 0 Å². The second kappa shape index (κ2) is 6.71. The Balaban J connectivity index is 1.53. The van der Waals surface area contributed by atoms with Gasteiger partial charge in [0.25, 0.3) is 0 Å². The number of fused-ring (bicyclic) bond motifs is 5. The molecular formula is C28H25BO3. The van der Waals surface area contributed by atoms with Gasteiger partial charge in [-0.15, -0.1) is 0 Å². The van der Waals surface area contributed by atoms with Crippen LogP contribution in [-0.4, -0.2) is 18.3 Å². The zero-order valence-corrected chi connectivity index (χ0v) is 18.8. The monoisotopic (exact) mass is 420 g/mol. The van der Waals surface area contributed by atoms with Gasteiger partial charge in [0.15, 0.2) is 0 Å². The first-order chi connectivity index (χ1) is 15.3. The standard InChI is InChI=1S/C28H25BO3/c1-27(2)28(3,4)32-29(31-27)24-11-7-5-9-20(24)19-14-13-18-15-16-22-21-10-6-8-12-25(21)30-26(22)23(18)17-19/h5-17H,1-4H3. The summed E-state index contributed by atoms with van der Waals surface area (Å²) in [6.07, 6.45) is 0. The molecule has 0 bridgehead atoms. The highest BCUT2D eigenvalue weighted by Gasteiger charge is 2.52. The van der Waals surface area contributed by atoms with E-state index in [1.54, 1.807) is 0 Å². The van der Waals surface area contributed by atoms with Crippen molar-refractivity contribution in [2.45, 2.75) is 38.9 Å². The van der Waals surface area contributed by atoms with E-state index >= 15 is 0 Å². The van der Waals surface area contributed by atoms with Gasteiger partial charge in [-0.3, -0.25) is 0 Å². The second-order valence-corrected chi connectivity index (χ2v) is 9.65. The molecule has 0 N–H and O–H groups in total. The lowest BCUT2D eigenvalue weighted by Crippen LogP contribution is -2.41. The SMILES string of the molecule is CC1(C)OB(c2ccccc2-c2ccc3ccc4c5ccccc5oc4c3c2)OC1(C)C. The van der Waals surface area contributed by atoms with Crippen LogP contribution in [0.3, 0.4) is 0 Å². The molecule has 4 heteroatoms. The Bertz CT molecular complexity index is 1480. The van der Waals surface area contributed by atoms with Crippen molar-refractivity contribution in [1.29, 1.82) is 0 Å². The van der Waals surface area contributed by atoms with E-state index in [0.717, 1.165) is 49.3 Å². The summed E-state index contributed by atoms with van der Waals surface area (Å²) in [5.41, 5.74) is 4.36. The van der Waals surface area contributed by atoms with Crippen LogP contribution in [0.25, 0.3) is 43.8 Å². The van der Waals surface area contributed by atoms with Crippen molar-refractivity contribution in [3.05, 3.63) is 78.9 Å². The van der Waals surface area contributed by atoms with Gasteiger partial charge in [0.05, 0.1) is 11.2 Å². The van der Waals surface area contributed by atoms with Crippen LogP contribution in [-0.2, 0) is 9.31 Å². The fraction of sp³-hybridized carbons (Fsp3) is 0.214. The summed E-state index contributed by atoms with van der Waals surface area (Å²) in [5, 5.41) is 4.56. The van der Waals surface area contributed by atoms with Gasteiger partial charge in [0, 0.05) is 16.2 Å². The summed E-state index contributed by atoms with van der Waals surface area (Å²) < 4.78 is 19.0. The Morgan fingerprint density at radius 3 is 2.16 bits per heavy atom. The number of para-hydroxylation sites is 1. The summed E-state index contributed by atoms with van der Waals surface area (Å²) in [5.74, 6) is 0. The molecule has 1 aliphatic rings. The number of hydrogen-bond acceptors (Lipinski definition) is 3. The van der Waals surface area contributed by atoms with Crippen molar-refractivity contribution in [3.8, 4) is 11.1 Å². The van der Waals surface area contributed by atoms with Gasteiger partial charge < -0.3 is 13.7 Å². The maximum absolute atomic E-state index is 6.37. The molecule has 5 aromatic rings. The Hall–Kier alpha value is -3.08. The zero-order valence-electron chi connectivity index (χ0n) is 18.8. The molecule has 0 radical (unpaired) electrons. The fourth-order valence-corrected chi connectivity index (χ4v) is 4.61. The Morgan fingerprint density at radius 1 is 0.656 bits per heavy atom. The Morgan fingerprint density at radius 2 is 1.34 bits per heavy atom. The van der Waals surface area contributed by atoms with Crippen molar-refractivity contribution >= 4 is 45.3 Å². The molecule has 158 valence electrons. The molecule has 4 aromatic carbocycles. The van der Waals surface area contributed by atoms with Crippen LogP contribution in [0.5, 0.6) is 0 Å². The quantitative estimate of drug-likeness (QED) is 0.298. The minimum Gasteiger partial charge on any atom is -0.455 e. The smallest absolute Gasteiger partial charge is 0.455 e. The van der Waals surface area contributed by atoms with Gasteiger partial charge in [-0.2, -0.15) is 0 Å². The van der Waals surface area contributed by atoms with Crippen molar-refractivity contribution in [2.24, 2.45) is 0 Å². The van der Waals surface area contributed by atoms with E-state index in [1.165, 1.54) is 0 Å². The number of benzene rings is 4. The molecule has 3 nitrogen and oxygen atoms in total. The molecule has 0 atom stereocenters. The van der Waals surface area contributed by atoms with E-state index in [-0.39, 0.29) is 11.2 Å². The first-order valence-electron chi connectivity index (χ1n) is 11.1. The fourth-order valence-electron chi connectivity index (χ4n) is 4.61. The second-order valence-electron chi connectivity index (χ2n) is 9.65. The summed E-state index contributed by atoms with van der Waals surface area (Å²) in [7, 11) is -0.408. The lowest BCUT2D eigenvalue weighted by Gasteiger charge is -2.32. The molecule has 0 saturated carbocycles. The number of hydrogen-bond donors (Lipinski definition) is 0. The predicted molar refractivity (Wildman–Crippen MR) is 132 cm³/mol. The van der Waals surface area contributed by atoms with E-state index in [1.807, 2.05) is 18.2 Å². The van der Waals surface area contributed by atoms with Gasteiger partial charge in [-0.1, -0.05) is 60.7 Å². The highest BCUT2D eigenvalue weighted by molar-refractivity contribution is 6.63. The van der Waals surface area contributed by atoms with E-state index in [2.05, 4.69) is 88.4 Å². The average Bonchev–Trinajstić information content (AvgIpc) is 3.27. The topological polar surface area (TPSA) is 31.6 Å². The molecule has 6 rings (SSSR count). The van der Waals surface area contributed by atoms with Crippen molar-refractivity contribution in [2.75, 3.05) is 0 Å². The molecule has 1 saturated heterocycles. The molecule has 2 heterocycles. The maximum Gasteiger partial charge on any atom is 0.495 e. The van der Waals surface area contributed by atoms with Gasteiger partial charge in [-0.25, -0.2) is 0 Å². The van der Waals surface area contributed by atoms with Crippen molar-refractivity contribution in [3.63, 3.8) is 0 Å². The zero-order chi connectivity index (χ0) is 22.1. The highest BCUT2D eigenvalue weighted by Crippen LogP contribution is 2.38. The number of furan rings is 1. The highest BCUT2D eigenvalue weighted by atomic mass is 16.7. The number of rotatable bonds is 2. The largest absolute Gasteiger partial charge is 0.495 e. The molecular weight excluding hydrogens is 395 g/mol. The van der Waals surface area contributed by atoms with Crippen LogP contribution >= 0.6 is 0 Å². The summed E-state index contributed by atoms with van der Waals surface area (Å²) in [4.78, 5) is 0. The van der Waals surface area contributed by atoms with Crippen LogP contribution in [0.2, 0.25) is 0 Å². The third-order valence-corrected chi connectivity index (χ3v) is 7.14. The molecule has 1 aromatic heterocycles. The van der Waals surface area contributed by atoms with Crippen LogP contribution in [0, 0.1) is 0 Å². The van der Waals surface area contributed by atoms with Gasteiger partial charge >= 0.3 is 7.12 Å². The summed E-state index contributed by atoms with van der Waals surface area (Å²) in [6, 6.07) is 27.4. The molecule has 0 unspecified atom stereocenters.